The van der Waals surface area contributed by atoms with Gasteiger partial charge in [-0.25, -0.2) is 4.98 Å². The quantitative estimate of drug-likeness (QED) is 0.693. The second-order valence-corrected chi connectivity index (χ2v) is 6.27. The van der Waals surface area contributed by atoms with Crippen LogP contribution >= 0.6 is 15.9 Å². The number of benzene rings is 2. The molecular formula is C17H18BrN3. The lowest BCUT2D eigenvalue weighted by Gasteiger charge is -2.15. The van der Waals surface area contributed by atoms with Crippen LogP contribution in [0.25, 0.3) is 16.7 Å². The Bertz CT molecular complexity index is 810. The van der Waals surface area contributed by atoms with Gasteiger partial charge < -0.3 is 5.73 Å². The summed E-state index contributed by atoms with van der Waals surface area (Å²) < 4.78 is 3.36. The van der Waals surface area contributed by atoms with Crippen molar-refractivity contribution in [3.05, 3.63) is 51.8 Å². The van der Waals surface area contributed by atoms with Gasteiger partial charge in [0.05, 0.1) is 16.7 Å². The molecule has 0 aliphatic carbocycles. The number of aryl methyl sites for hydroxylation is 3. The summed E-state index contributed by atoms with van der Waals surface area (Å²) in [6, 6.07) is 10.2. The maximum absolute atomic E-state index is 5.89. The summed E-state index contributed by atoms with van der Waals surface area (Å²) in [5.41, 5.74) is 12.4. The third-order valence-corrected chi connectivity index (χ3v) is 4.20. The second kappa shape index (κ2) is 5.19. The van der Waals surface area contributed by atoms with Gasteiger partial charge in [-0.1, -0.05) is 22.9 Å². The number of hydrogen-bond donors (Lipinski definition) is 1. The Hall–Kier alpha value is -1.81. The zero-order chi connectivity index (χ0) is 15.1. The predicted molar refractivity (Wildman–Crippen MR) is 92.0 cm³/mol. The standard InChI is InChI=1S/C17H18BrN3/c1-4-16-20-14-9-13(19)5-6-15(14)21(16)17-10(2)7-12(18)8-11(17)3/h5-9H,4,19H2,1-3H3. The first-order chi connectivity index (χ1) is 10.0. The van der Waals surface area contributed by atoms with Crippen LogP contribution in [0.1, 0.15) is 23.9 Å². The number of aromatic nitrogens is 2. The highest BCUT2D eigenvalue weighted by Gasteiger charge is 2.15. The van der Waals surface area contributed by atoms with Crippen LogP contribution in [-0.4, -0.2) is 9.55 Å². The second-order valence-electron chi connectivity index (χ2n) is 5.35. The van der Waals surface area contributed by atoms with E-state index in [4.69, 9.17) is 10.7 Å². The van der Waals surface area contributed by atoms with Crippen molar-refractivity contribution in [1.82, 2.24) is 9.55 Å². The van der Waals surface area contributed by atoms with Gasteiger partial charge >= 0.3 is 0 Å². The summed E-state index contributed by atoms with van der Waals surface area (Å²) in [6.45, 7) is 6.40. The van der Waals surface area contributed by atoms with Gasteiger partial charge in [0.2, 0.25) is 0 Å². The number of nitrogen functional groups attached to an aromatic ring is 1. The number of fused-ring (bicyclic) bond motifs is 1. The van der Waals surface area contributed by atoms with Crippen LogP contribution in [0, 0.1) is 13.8 Å². The number of nitrogens with zero attached hydrogens (tertiary/aromatic N) is 2. The molecule has 0 aliphatic heterocycles. The smallest absolute Gasteiger partial charge is 0.114 e. The molecule has 3 aromatic rings. The SMILES string of the molecule is CCc1nc2cc(N)ccc2n1-c1c(C)cc(Br)cc1C. The molecule has 4 heteroatoms. The highest BCUT2D eigenvalue weighted by atomic mass is 79.9. The van der Waals surface area contributed by atoms with Crippen LogP contribution in [0.5, 0.6) is 0 Å². The summed E-state index contributed by atoms with van der Waals surface area (Å²) >= 11 is 3.56. The number of hydrogen-bond acceptors (Lipinski definition) is 2. The molecule has 0 atom stereocenters. The summed E-state index contributed by atoms with van der Waals surface area (Å²) in [6.07, 6.45) is 0.879. The Morgan fingerprint density at radius 3 is 2.43 bits per heavy atom. The maximum Gasteiger partial charge on any atom is 0.114 e. The lowest BCUT2D eigenvalue weighted by molar-refractivity contribution is 0.897. The van der Waals surface area contributed by atoms with Crippen molar-refractivity contribution >= 4 is 32.7 Å². The molecule has 3 rings (SSSR count). The fraction of sp³-hybridized carbons (Fsp3) is 0.235. The summed E-state index contributed by atoms with van der Waals surface area (Å²) in [5, 5.41) is 0. The molecule has 0 bridgehead atoms. The molecule has 0 amide bonds. The largest absolute Gasteiger partial charge is 0.399 e. The minimum Gasteiger partial charge on any atom is -0.399 e. The van der Waals surface area contributed by atoms with E-state index in [1.165, 1.54) is 16.8 Å². The van der Waals surface area contributed by atoms with E-state index in [-0.39, 0.29) is 0 Å². The average molecular weight is 344 g/mol. The Morgan fingerprint density at radius 1 is 1.14 bits per heavy atom. The van der Waals surface area contributed by atoms with Crippen molar-refractivity contribution in [3.8, 4) is 5.69 Å². The van der Waals surface area contributed by atoms with Crippen LogP contribution in [0.3, 0.4) is 0 Å². The molecule has 0 fully saturated rings. The molecule has 0 spiro atoms. The van der Waals surface area contributed by atoms with Gasteiger partial charge in [-0.15, -0.1) is 0 Å². The van der Waals surface area contributed by atoms with E-state index in [1.807, 2.05) is 12.1 Å². The van der Waals surface area contributed by atoms with Crippen molar-refractivity contribution in [3.63, 3.8) is 0 Å². The minimum absolute atomic E-state index is 0.749. The molecule has 0 saturated heterocycles. The summed E-state index contributed by atoms with van der Waals surface area (Å²) in [4.78, 5) is 4.74. The lowest BCUT2D eigenvalue weighted by atomic mass is 10.1. The molecule has 2 N–H and O–H groups in total. The van der Waals surface area contributed by atoms with Crippen LogP contribution in [0.4, 0.5) is 5.69 Å². The Kier molecular flexibility index (Phi) is 3.49. The van der Waals surface area contributed by atoms with Gasteiger partial charge in [0.1, 0.15) is 5.82 Å². The zero-order valence-corrected chi connectivity index (χ0v) is 14.0. The van der Waals surface area contributed by atoms with Gasteiger partial charge in [0.15, 0.2) is 0 Å². The van der Waals surface area contributed by atoms with Crippen LogP contribution in [-0.2, 0) is 6.42 Å². The normalized spacial score (nSPS) is 11.2. The molecule has 21 heavy (non-hydrogen) atoms. The first kappa shape index (κ1) is 14.1. The Labute approximate surface area is 132 Å². The first-order valence-electron chi connectivity index (χ1n) is 7.05. The average Bonchev–Trinajstić information content (AvgIpc) is 2.75. The van der Waals surface area contributed by atoms with Gasteiger partial charge in [0.25, 0.3) is 0 Å². The topological polar surface area (TPSA) is 43.8 Å². The van der Waals surface area contributed by atoms with Crippen molar-refractivity contribution in [2.24, 2.45) is 0 Å². The molecular weight excluding hydrogens is 326 g/mol. The molecule has 1 aromatic heterocycles. The van der Waals surface area contributed by atoms with E-state index in [0.717, 1.165) is 33.4 Å². The number of anilines is 1. The van der Waals surface area contributed by atoms with Crippen molar-refractivity contribution < 1.29 is 0 Å². The molecule has 2 aromatic carbocycles. The third-order valence-electron chi connectivity index (χ3n) is 3.74. The zero-order valence-electron chi connectivity index (χ0n) is 12.4. The molecule has 3 nitrogen and oxygen atoms in total. The fourth-order valence-electron chi connectivity index (χ4n) is 2.89. The van der Waals surface area contributed by atoms with Gasteiger partial charge in [-0.3, -0.25) is 4.57 Å². The molecule has 0 unspecified atom stereocenters. The summed E-state index contributed by atoms with van der Waals surface area (Å²) in [7, 11) is 0. The van der Waals surface area contributed by atoms with E-state index in [0.29, 0.717) is 0 Å². The molecule has 0 saturated carbocycles. The highest BCUT2D eigenvalue weighted by Crippen LogP contribution is 2.30. The van der Waals surface area contributed by atoms with Crippen molar-refractivity contribution in [2.75, 3.05) is 5.73 Å². The highest BCUT2D eigenvalue weighted by molar-refractivity contribution is 9.10. The number of rotatable bonds is 2. The van der Waals surface area contributed by atoms with E-state index < -0.39 is 0 Å². The van der Waals surface area contributed by atoms with E-state index >= 15 is 0 Å². The van der Waals surface area contributed by atoms with Gasteiger partial charge in [-0.05, 0) is 55.3 Å². The number of halogens is 1. The molecule has 0 radical (unpaired) electrons. The van der Waals surface area contributed by atoms with E-state index in [9.17, 15) is 0 Å². The Morgan fingerprint density at radius 2 is 1.81 bits per heavy atom. The first-order valence-corrected chi connectivity index (χ1v) is 7.84. The van der Waals surface area contributed by atoms with Crippen LogP contribution in [0.15, 0.2) is 34.8 Å². The van der Waals surface area contributed by atoms with Crippen LogP contribution in [0.2, 0.25) is 0 Å². The maximum atomic E-state index is 5.89. The summed E-state index contributed by atoms with van der Waals surface area (Å²) in [5.74, 6) is 1.06. The number of imidazole rings is 1. The number of nitrogens with two attached hydrogens (primary N) is 1. The molecule has 0 aliphatic rings. The predicted octanol–water partition coefficient (Wildman–Crippen LogP) is 4.55. The minimum atomic E-state index is 0.749. The Balaban J connectivity index is 2.39. The van der Waals surface area contributed by atoms with E-state index in [2.05, 4.69) is 59.5 Å². The van der Waals surface area contributed by atoms with E-state index in [1.54, 1.807) is 0 Å². The molecule has 1 heterocycles. The third kappa shape index (κ3) is 2.33. The van der Waals surface area contributed by atoms with Crippen molar-refractivity contribution in [2.45, 2.75) is 27.2 Å². The fourth-order valence-corrected chi connectivity index (χ4v) is 3.58. The van der Waals surface area contributed by atoms with Gasteiger partial charge in [0, 0.05) is 16.6 Å². The lowest BCUT2D eigenvalue weighted by Crippen LogP contribution is -2.04. The van der Waals surface area contributed by atoms with Gasteiger partial charge in [-0.2, -0.15) is 0 Å². The van der Waals surface area contributed by atoms with Crippen molar-refractivity contribution in [1.29, 1.82) is 0 Å². The monoisotopic (exact) mass is 343 g/mol. The van der Waals surface area contributed by atoms with Crippen LogP contribution < -0.4 is 5.73 Å². The molecule has 108 valence electrons.